The molecule has 0 fully saturated rings. The summed E-state index contributed by atoms with van der Waals surface area (Å²) in [5, 5.41) is 5.03. The van der Waals surface area contributed by atoms with Crippen molar-refractivity contribution in [3.05, 3.63) is 63.9 Å². The molecule has 102 valence electrons. The lowest BCUT2D eigenvalue weighted by atomic mass is 10.1. The molecule has 0 aliphatic carbocycles. The molecule has 2 aromatic rings. The minimum Gasteiger partial charge on any atom is -0.266 e. The van der Waals surface area contributed by atoms with E-state index in [1.54, 1.807) is 49.5 Å². The second kappa shape index (κ2) is 6.50. The van der Waals surface area contributed by atoms with Crippen LogP contribution in [0.3, 0.4) is 0 Å². The number of rotatable bonds is 3. The Hall–Kier alpha value is -1.91. The van der Waals surface area contributed by atoms with E-state index in [-0.39, 0.29) is 5.91 Å². The molecule has 20 heavy (non-hydrogen) atoms. The molecular formula is C14H11Cl2N3O. The first-order valence-electron chi connectivity index (χ1n) is 5.79. The first-order valence-corrected chi connectivity index (χ1v) is 6.54. The van der Waals surface area contributed by atoms with Crippen LogP contribution in [0, 0.1) is 0 Å². The van der Waals surface area contributed by atoms with Crippen LogP contribution in [-0.4, -0.2) is 16.6 Å². The Balaban J connectivity index is 2.13. The third-order valence-electron chi connectivity index (χ3n) is 2.54. The molecule has 0 aliphatic rings. The molecule has 2 rings (SSSR count). The van der Waals surface area contributed by atoms with Crippen LogP contribution in [0.5, 0.6) is 0 Å². The summed E-state index contributed by atoms with van der Waals surface area (Å²) >= 11 is 11.9. The predicted octanol–water partition coefficient (Wildman–Crippen LogP) is 3.54. The molecule has 0 saturated carbocycles. The number of nitrogens with zero attached hydrogens (tertiary/aromatic N) is 2. The second-order valence-corrected chi connectivity index (χ2v) is 4.82. The molecule has 6 heteroatoms. The molecule has 1 heterocycles. The van der Waals surface area contributed by atoms with Crippen molar-refractivity contribution in [2.24, 2.45) is 5.10 Å². The molecule has 4 nitrogen and oxygen atoms in total. The number of amides is 1. The minimum atomic E-state index is -0.380. The van der Waals surface area contributed by atoms with E-state index in [1.807, 2.05) is 0 Å². The number of pyridine rings is 1. The van der Waals surface area contributed by atoms with Crippen molar-refractivity contribution in [3.63, 3.8) is 0 Å². The molecule has 0 saturated heterocycles. The number of halogens is 2. The van der Waals surface area contributed by atoms with Crippen molar-refractivity contribution in [2.75, 3.05) is 0 Å². The van der Waals surface area contributed by atoms with E-state index >= 15 is 0 Å². The third kappa shape index (κ3) is 3.56. The highest BCUT2D eigenvalue weighted by Crippen LogP contribution is 2.21. The number of benzene rings is 1. The maximum atomic E-state index is 11.8. The number of carbonyl (C=O) groups is 1. The van der Waals surface area contributed by atoms with Crippen LogP contribution in [-0.2, 0) is 0 Å². The molecule has 0 aliphatic heterocycles. The van der Waals surface area contributed by atoms with Gasteiger partial charge in [-0.15, -0.1) is 0 Å². The van der Waals surface area contributed by atoms with E-state index in [9.17, 15) is 4.79 Å². The smallest absolute Gasteiger partial charge is 0.266 e. The summed E-state index contributed by atoms with van der Waals surface area (Å²) in [6.45, 7) is 1.74. The topological polar surface area (TPSA) is 54.4 Å². The maximum absolute atomic E-state index is 11.8. The second-order valence-electron chi connectivity index (χ2n) is 3.98. The van der Waals surface area contributed by atoms with Crippen LogP contribution in [0.4, 0.5) is 0 Å². The normalized spacial score (nSPS) is 11.2. The van der Waals surface area contributed by atoms with Gasteiger partial charge in [-0.2, -0.15) is 5.10 Å². The molecule has 1 aromatic heterocycles. The van der Waals surface area contributed by atoms with Gasteiger partial charge >= 0.3 is 0 Å². The Morgan fingerprint density at radius 2 is 2.05 bits per heavy atom. The van der Waals surface area contributed by atoms with Gasteiger partial charge in [0.1, 0.15) is 5.69 Å². The third-order valence-corrected chi connectivity index (χ3v) is 3.09. The average Bonchev–Trinajstić information content (AvgIpc) is 2.45. The maximum Gasteiger partial charge on any atom is 0.289 e. The van der Waals surface area contributed by atoms with Gasteiger partial charge in [-0.3, -0.25) is 9.78 Å². The Kier molecular flexibility index (Phi) is 4.71. The van der Waals surface area contributed by atoms with Crippen LogP contribution >= 0.6 is 23.2 Å². The van der Waals surface area contributed by atoms with Gasteiger partial charge in [-0.1, -0.05) is 35.3 Å². The van der Waals surface area contributed by atoms with Crippen molar-refractivity contribution in [2.45, 2.75) is 6.92 Å². The summed E-state index contributed by atoms with van der Waals surface area (Å²) in [6.07, 6.45) is 1.54. The zero-order valence-corrected chi connectivity index (χ0v) is 12.1. The molecule has 0 atom stereocenters. The first kappa shape index (κ1) is 14.5. The largest absolute Gasteiger partial charge is 0.289 e. The Bertz CT molecular complexity index is 657. The van der Waals surface area contributed by atoms with E-state index in [4.69, 9.17) is 23.2 Å². The van der Waals surface area contributed by atoms with Crippen LogP contribution in [0.15, 0.2) is 47.7 Å². The van der Waals surface area contributed by atoms with Crippen molar-refractivity contribution < 1.29 is 4.79 Å². The molecular weight excluding hydrogens is 297 g/mol. The SMILES string of the molecule is CC(=NNC(=O)c1ccccn1)c1ccc(Cl)cc1Cl. The number of carbonyl (C=O) groups excluding carboxylic acids is 1. The van der Waals surface area contributed by atoms with Crippen molar-refractivity contribution in [1.82, 2.24) is 10.4 Å². The lowest BCUT2D eigenvalue weighted by Crippen LogP contribution is -2.20. The summed E-state index contributed by atoms with van der Waals surface area (Å²) in [6, 6.07) is 10.2. The molecule has 0 spiro atoms. The number of nitrogens with one attached hydrogen (secondary N) is 1. The fourth-order valence-corrected chi connectivity index (χ4v) is 2.08. The van der Waals surface area contributed by atoms with Gasteiger partial charge in [0, 0.05) is 16.8 Å². The Morgan fingerprint density at radius 1 is 1.25 bits per heavy atom. The van der Waals surface area contributed by atoms with Gasteiger partial charge in [0.25, 0.3) is 5.91 Å². The van der Waals surface area contributed by atoms with E-state index in [2.05, 4.69) is 15.5 Å². The molecule has 1 N–H and O–H groups in total. The lowest BCUT2D eigenvalue weighted by Gasteiger charge is -2.05. The number of hydrogen-bond donors (Lipinski definition) is 1. The highest BCUT2D eigenvalue weighted by Gasteiger charge is 2.07. The summed E-state index contributed by atoms with van der Waals surface area (Å²) in [5.41, 5.74) is 4.02. The number of hydrogen-bond acceptors (Lipinski definition) is 3. The standard InChI is InChI=1S/C14H11Cl2N3O/c1-9(11-6-5-10(15)8-12(11)16)18-19-14(20)13-4-2-3-7-17-13/h2-8H,1H3,(H,19,20). The molecule has 0 radical (unpaired) electrons. The van der Waals surface area contributed by atoms with Crippen LogP contribution in [0.2, 0.25) is 10.0 Å². The molecule has 0 bridgehead atoms. The highest BCUT2D eigenvalue weighted by molar-refractivity contribution is 6.37. The fourth-order valence-electron chi connectivity index (χ4n) is 1.53. The number of hydrazone groups is 1. The van der Waals surface area contributed by atoms with Gasteiger partial charge < -0.3 is 0 Å². The van der Waals surface area contributed by atoms with E-state index in [0.717, 1.165) is 0 Å². The van der Waals surface area contributed by atoms with Gasteiger partial charge in [0.05, 0.1) is 10.7 Å². The molecule has 0 unspecified atom stereocenters. The number of aromatic nitrogens is 1. The zero-order valence-electron chi connectivity index (χ0n) is 10.6. The zero-order chi connectivity index (χ0) is 14.5. The Labute approximate surface area is 126 Å². The van der Waals surface area contributed by atoms with Gasteiger partial charge in [-0.05, 0) is 31.2 Å². The summed E-state index contributed by atoms with van der Waals surface area (Å²) < 4.78 is 0. The quantitative estimate of drug-likeness (QED) is 0.696. The van der Waals surface area contributed by atoms with E-state index < -0.39 is 0 Å². The Morgan fingerprint density at radius 3 is 2.70 bits per heavy atom. The van der Waals surface area contributed by atoms with Gasteiger partial charge in [0.2, 0.25) is 0 Å². The van der Waals surface area contributed by atoms with Crippen molar-refractivity contribution in [1.29, 1.82) is 0 Å². The van der Waals surface area contributed by atoms with E-state index in [1.165, 1.54) is 0 Å². The van der Waals surface area contributed by atoms with Crippen molar-refractivity contribution in [3.8, 4) is 0 Å². The van der Waals surface area contributed by atoms with Crippen molar-refractivity contribution >= 4 is 34.8 Å². The summed E-state index contributed by atoms with van der Waals surface area (Å²) in [5.74, 6) is -0.380. The van der Waals surface area contributed by atoms with Crippen LogP contribution in [0.1, 0.15) is 23.0 Å². The first-order chi connectivity index (χ1) is 9.58. The average molecular weight is 308 g/mol. The van der Waals surface area contributed by atoms with E-state index in [0.29, 0.717) is 27.0 Å². The van der Waals surface area contributed by atoms with Crippen LogP contribution in [0.25, 0.3) is 0 Å². The van der Waals surface area contributed by atoms with Crippen LogP contribution < -0.4 is 5.43 Å². The fraction of sp³-hybridized carbons (Fsp3) is 0.0714. The monoisotopic (exact) mass is 307 g/mol. The molecule has 1 aromatic carbocycles. The molecule has 1 amide bonds. The van der Waals surface area contributed by atoms with Gasteiger partial charge in [-0.25, -0.2) is 5.43 Å². The highest BCUT2D eigenvalue weighted by atomic mass is 35.5. The lowest BCUT2D eigenvalue weighted by molar-refractivity contribution is 0.0950. The summed E-state index contributed by atoms with van der Waals surface area (Å²) in [4.78, 5) is 15.7. The predicted molar refractivity (Wildman–Crippen MR) is 80.4 cm³/mol. The van der Waals surface area contributed by atoms with Gasteiger partial charge in [0.15, 0.2) is 0 Å². The minimum absolute atomic E-state index is 0.297. The summed E-state index contributed by atoms with van der Waals surface area (Å²) in [7, 11) is 0.